The minimum atomic E-state index is 0. The van der Waals surface area contributed by atoms with Gasteiger partial charge in [-0.3, -0.25) is 4.98 Å². The van der Waals surface area contributed by atoms with Crippen LogP contribution in [0.15, 0.2) is 18.5 Å². The number of hydrogen-bond acceptors (Lipinski definition) is 3. The van der Waals surface area contributed by atoms with Crippen molar-refractivity contribution in [2.24, 2.45) is 0 Å². The lowest BCUT2D eigenvalue weighted by Gasteiger charge is -1.93. The summed E-state index contributed by atoms with van der Waals surface area (Å²) in [6.07, 6.45) is 3.13. The van der Waals surface area contributed by atoms with Crippen molar-refractivity contribution in [1.82, 2.24) is 4.98 Å². The molecule has 0 aliphatic heterocycles. The normalized spacial score (nSPS) is 8.00. The number of anilines is 2. The van der Waals surface area contributed by atoms with Gasteiger partial charge in [-0.2, -0.15) is 0 Å². The van der Waals surface area contributed by atoms with Crippen LogP contribution in [0.3, 0.4) is 0 Å². The summed E-state index contributed by atoms with van der Waals surface area (Å²) in [4.78, 5) is 3.74. The Balaban J connectivity index is 0.000000640. The van der Waals surface area contributed by atoms with Crippen molar-refractivity contribution in [3.05, 3.63) is 18.5 Å². The molecule has 0 aromatic carbocycles. The Morgan fingerprint density at radius 3 is 2.22 bits per heavy atom. The maximum atomic E-state index is 5.35. The lowest BCUT2D eigenvalue weighted by atomic mass is 10.4. The molecule has 0 saturated heterocycles. The highest BCUT2D eigenvalue weighted by Crippen LogP contribution is 2.08. The fourth-order valence-electron chi connectivity index (χ4n) is 0.417. The van der Waals surface area contributed by atoms with Gasteiger partial charge < -0.3 is 11.5 Å². The van der Waals surface area contributed by atoms with Crippen LogP contribution in [0.25, 0.3) is 0 Å². The molecule has 0 atom stereocenters. The molecule has 4 heteroatoms. The van der Waals surface area contributed by atoms with E-state index in [0.29, 0.717) is 11.4 Å². The van der Waals surface area contributed by atoms with Crippen molar-refractivity contribution < 1.29 is 0 Å². The van der Waals surface area contributed by atoms with E-state index in [0.717, 1.165) is 0 Å². The summed E-state index contributed by atoms with van der Waals surface area (Å²) in [6.45, 7) is 0. The third-order valence-corrected chi connectivity index (χ3v) is 0.887. The predicted molar refractivity (Wildman–Crippen MR) is 40.3 cm³/mol. The number of pyridine rings is 1. The Hall–Kier alpha value is -0.960. The van der Waals surface area contributed by atoms with Gasteiger partial charge in [-0.25, -0.2) is 0 Å². The van der Waals surface area contributed by atoms with Crippen molar-refractivity contribution in [2.75, 3.05) is 11.5 Å². The second-order valence-corrected chi connectivity index (χ2v) is 1.50. The van der Waals surface area contributed by atoms with Crippen LogP contribution in [0.5, 0.6) is 0 Å². The van der Waals surface area contributed by atoms with Crippen molar-refractivity contribution in [1.29, 1.82) is 0 Å². The average molecular weight is 146 g/mol. The molecular formula is C5H8ClN3. The van der Waals surface area contributed by atoms with Gasteiger partial charge >= 0.3 is 0 Å². The highest BCUT2D eigenvalue weighted by atomic mass is 35.5. The maximum Gasteiger partial charge on any atom is 0.0734 e. The van der Waals surface area contributed by atoms with Crippen LogP contribution >= 0.6 is 12.4 Å². The summed E-state index contributed by atoms with van der Waals surface area (Å²) in [5.74, 6) is 0. The van der Waals surface area contributed by atoms with E-state index in [9.17, 15) is 0 Å². The van der Waals surface area contributed by atoms with Gasteiger partial charge in [0.2, 0.25) is 0 Å². The minimum Gasteiger partial charge on any atom is -0.397 e. The highest BCUT2D eigenvalue weighted by Gasteiger charge is 1.86. The van der Waals surface area contributed by atoms with Crippen LogP contribution in [0.4, 0.5) is 11.4 Å². The van der Waals surface area contributed by atoms with Crippen molar-refractivity contribution in [3.63, 3.8) is 0 Å². The molecule has 0 aliphatic carbocycles. The predicted octanol–water partition coefficient (Wildman–Crippen LogP) is 0.668. The summed E-state index contributed by atoms with van der Waals surface area (Å²) < 4.78 is 0. The largest absolute Gasteiger partial charge is 0.397 e. The number of nitrogens with two attached hydrogens (primary N) is 2. The van der Waals surface area contributed by atoms with E-state index in [4.69, 9.17) is 11.5 Å². The third-order valence-electron chi connectivity index (χ3n) is 0.887. The zero-order valence-electron chi connectivity index (χ0n) is 4.74. The van der Waals surface area contributed by atoms with E-state index in [2.05, 4.69) is 4.98 Å². The number of rotatable bonds is 0. The van der Waals surface area contributed by atoms with E-state index in [1.54, 1.807) is 12.3 Å². The fourth-order valence-corrected chi connectivity index (χ4v) is 0.417. The van der Waals surface area contributed by atoms with Gasteiger partial charge in [-0.05, 0) is 6.07 Å². The van der Waals surface area contributed by atoms with Crippen molar-refractivity contribution >= 4 is 23.8 Å². The number of halogens is 1. The van der Waals surface area contributed by atoms with Crippen LogP contribution < -0.4 is 11.5 Å². The number of nitrogens with zero attached hydrogens (tertiary/aromatic N) is 1. The molecule has 1 aromatic rings. The molecule has 0 bridgehead atoms. The Bertz CT molecular complexity index is 168. The van der Waals surface area contributed by atoms with Gasteiger partial charge in [0.1, 0.15) is 0 Å². The highest BCUT2D eigenvalue weighted by molar-refractivity contribution is 5.85. The Labute approximate surface area is 59.5 Å². The van der Waals surface area contributed by atoms with Crippen LogP contribution in [-0.4, -0.2) is 4.98 Å². The first-order valence-electron chi connectivity index (χ1n) is 2.25. The SMILES string of the molecule is Cl.Nc1ccncc1N. The fraction of sp³-hybridized carbons (Fsp3) is 0. The van der Waals surface area contributed by atoms with Crippen molar-refractivity contribution in [3.8, 4) is 0 Å². The van der Waals surface area contributed by atoms with E-state index in [1.807, 2.05) is 0 Å². The van der Waals surface area contributed by atoms with E-state index < -0.39 is 0 Å². The zero-order chi connectivity index (χ0) is 5.98. The lowest BCUT2D eigenvalue weighted by Crippen LogP contribution is -1.93. The van der Waals surface area contributed by atoms with Gasteiger partial charge in [0.25, 0.3) is 0 Å². The third kappa shape index (κ3) is 1.77. The first kappa shape index (κ1) is 8.04. The van der Waals surface area contributed by atoms with Gasteiger partial charge in [-0.15, -0.1) is 12.4 Å². The summed E-state index contributed by atoms with van der Waals surface area (Å²) >= 11 is 0. The van der Waals surface area contributed by atoms with E-state index in [1.165, 1.54) is 6.20 Å². The molecular weight excluding hydrogens is 138 g/mol. The minimum absolute atomic E-state index is 0. The molecule has 1 aromatic heterocycles. The molecule has 1 heterocycles. The number of nitrogen functional groups attached to an aromatic ring is 2. The first-order chi connectivity index (χ1) is 3.80. The quantitative estimate of drug-likeness (QED) is 0.564. The molecule has 50 valence electrons. The van der Waals surface area contributed by atoms with Crippen molar-refractivity contribution in [2.45, 2.75) is 0 Å². The molecule has 0 unspecified atom stereocenters. The Morgan fingerprint density at radius 1 is 1.22 bits per heavy atom. The summed E-state index contributed by atoms with van der Waals surface area (Å²) in [6, 6.07) is 1.66. The molecule has 0 spiro atoms. The zero-order valence-corrected chi connectivity index (χ0v) is 5.56. The van der Waals surface area contributed by atoms with Crippen LogP contribution in [0.1, 0.15) is 0 Å². The summed E-state index contributed by atoms with van der Waals surface area (Å²) in [5.41, 5.74) is 11.8. The molecule has 0 fully saturated rings. The molecule has 0 amide bonds. The number of hydrogen-bond donors (Lipinski definition) is 2. The molecule has 3 nitrogen and oxygen atoms in total. The summed E-state index contributed by atoms with van der Waals surface area (Å²) in [7, 11) is 0. The molecule has 0 saturated carbocycles. The summed E-state index contributed by atoms with van der Waals surface area (Å²) in [5, 5.41) is 0. The van der Waals surface area contributed by atoms with Crippen LogP contribution in [0, 0.1) is 0 Å². The average Bonchev–Trinajstić information content (AvgIpc) is 1.77. The number of aromatic nitrogens is 1. The topological polar surface area (TPSA) is 64.9 Å². The maximum absolute atomic E-state index is 5.35. The second-order valence-electron chi connectivity index (χ2n) is 1.50. The Kier molecular flexibility index (Phi) is 2.81. The van der Waals surface area contributed by atoms with Gasteiger partial charge in [0, 0.05) is 6.20 Å². The van der Waals surface area contributed by atoms with Crippen LogP contribution in [0.2, 0.25) is 0 Å². The standard InChI is InChI=1S/C5H7N3.ClH/c6-4-1-2-8-3-5(4)7;/h1-3H,7H2,(H2,6,8);1H. The van der Waals surface area contributed by atoms with Gasteiger partial charge in [0.05, 0.1) is 17.6 Å². The molecule has 4 N–H and O–H groups in total. The second kappa shape index (κ2) is 3.14. The smallest absolute Gasteiger partial charge is 0.0734 e. The van der Waals surface area contributed by atoms with E-state index in [-0.39, 0.29) is 12.4 Å². The lowest BCUT2D eigenvalue weighted by molar-refractivity contribution is 1.34. The molecule has 0 radical (unpaired) electrons. The van der Waals surface area contributed by atoms with Gasteiger partial charge in [0.15, 0.2) is 0 Å². The Morgan fingerprint density at radius 2 is 1.89 bits per heavy atom. The van der Waals surface area contributed by atoms with Crippen LogP contribution in [-0.2, 0) is 0 Å². The molecule has 9 heavy (non-hydrogen) atoms. The first-order valence-corrected chi connectivity index (χ1v) is 2.25. The molecule has 1 rings (SSSR count). The molecule has 0 aliphatic rings. The van der Waals surface area contributed by atoms with Gasteiger partial charge in [-0.1, -0.05) is 0 Å². The van der Waals surface area contributed by atoms with E-state index >= 15 is 0 Å². The monoisotopic (exact) mass is 145 g/mol.